The Labute approximate surface area is 128 Å². The Kier molecular flexibility index (Phi) is 5.80. The van der Waals surface area contributed by atoms with E-state index in [9.17, 15) is 4.79 Å². The molecule has 116 valence electrons. The first kappa shape index (κ1) is 16.0. The highest BCUT2D eigenvalue weighted by molar-refractivity contribution is 5.79. The van der Waals surface area contributed by atoms with Gasteiger partial charge in [0.25, 0.3) is 0 Å². The van der Waals surface area contributed by atoms with Crippen LogP contribution < -0.4 is 0 Å². The van der Waals surface area contributed by atoms with Crippen molar-refractivity contribution in [2.75, 3.05) is 13.2 Å². The van der Waals surface area contributed by atoms with E-state index in [2.05, 4.69) is 18.2 Å². The van der Waals surface area contributed by atoms with Crippen molar-refractivity contribution in [2.24, 2.45) is 0 Å². The fourth-order valence-corrected chi connectivity index (χ4v) is 3.08. The molecule has 0 aliphatic heterocycles. The summed E-state index contributed by atoms with van der Waals surface area (Å²) in [7, 11) is 0. The molecule has 0 aromatic heterocycles. The molecule has 3 nitrogen and oxygen atoms in total. The Morgan fingerprint density at radius 1 is 1.24 bits per heavy atom. The fraction of sp³-hybridized carbons (Fsp3) is 0.611. The molecule has 0 bridgehead atoms. The molecule has 2 rings (SSSR count). The van der Waals surface area contributed by atoms with Gasteiger partial charge in [-0.3, -0.25) is 4.79 Å². The van der Waals surface area contributed by atoms with Gasteiger partial charge in [0, 0.05) is 19.2 Å². The first-order chi connectivity index (χ1) is 10.1. The van der Waals surface area contributed by atoms with E-state index < -0.39 is 0 Å². The van der Waals surface area contributed by atoms with Crippen LogP contribution in [0.1, 0.15) is 49.8 Å². The van der Waals surface area contributed by atoms with E-state index in [4.69, 9.17) is 5.11 Å². The smallest absolute Gasteiger partial charge is 0.227 e. The van der Waals surface area contributed by atoms with Gasteiger partial charge in [-0.15, -0.1) is 0 Å². The lowest BCUT2D eigenvalue weighted by Crippen LogP contribution is -2.39. The lowest BCUT2D eigenvalue weighted by molar-refractivity contribution is -0.132. The van der Waals surface area contributed by atoms with Crippen LogP contribution in [-0.4, -0.2) is 35.1 Å². The van der Waals surface area contributed by atoms with Crippen molar-refractivity contribution >= 4 is 5.91 Å². The van der Waals surface area contributed by atoms with Crippen LogP contribution in [-0.2, 0) is 24.1 Å². The summed E-state index contributed by atoms with van der Waals surface area (Å²) in [5.74, 6) is 0.161. The zero-order valence-corrected chi connectivity index (χ0v) is 13.3. The van der Waals surface area contributed by atoms with Crippen molar-refractivity contribution in [3.63, 3.8) is 0 Å². The molecule has 0 heterocycles. The van der Waals surface area contributed by atoms with E-state index >= 15 is 0 Å². The van der Waals surface area contributed by atoms with Gasteiger partial charge >= 0.3 is 0 Å². The molecule has 1 aromatic rings. The first-order valence-corrected chi connectivity index (χ1v) is 8.13. The zero-order chi connectivity index (χ0) is 15.2. The second-order valence-corrected chi connectivity index (χ2v) is 6.24. The number of carbonyl (C=O) groups excluding carboxylic acids is 1. The molecule has 1 aliphatic rings. The molecule has 1 aliphatic carbocycles. The maximum Gasteiger partial charge on any atom is 0.227 e. The molecule has 0 radical (unpaired) electrons. The summed E-state index contributed by atoms with van der Waals surface area (Å²) >= 11 is 0. The molecular formula is C18H27NO2. The van der Waals surface area contributed by atoms with Crippen molar-refractivity contribution in [2.45, 2.75) is 58.4 Å². The number of hydrogen-bond acceptors (Lipinski definition) is 2. The van der Waals surface area contributed by atoms with Gasteiger partial charge < -0.3 is 10.0 Å². The monoisotopic (exact) mass is 289 g/mol. The number of fused-ring (bicyclic) bond motifs is 1. The quantitative estimate of drug-likeness (QED) is 0.875. The van der Waals surface area contributed by atoms with Crippen molar-refractivity contribution in [3.8, 4) is 0 Å². The summed E-state index contributed by atoms with van der Waals surface area (Å²) in [6.45, 7) is 4.83. The number of aryl methyl sites for hydroxylation is 2. The van der Waals surface area contributed by atoms with Crippen LogP contribution in [0, 0.1) is 0 Å². The number of carbonyl (C=O) groups is 1. The minimum absolute atomic E-state index is 0.134. The third-order valence-corrected chi connectivity index (χ3v) is 4.27. The molecule has 1 aromatic carbocycles. The van der Waals surface area contributed by atoms with Gasteiger partial charge in [0.1, 0.15) is 0 Å². The van der Waals surface area contributed by atoms with Crippen molar-refractivity contribution < 1.29 is 9.90 Å². The fourth-order valence-electron chi connectivity index (χ4n) is 3.08. The number of aliphatic hydroxyl groups excluding tert-OH is 1. The highest BCUT2D eigenvalue weighted by Crippen LogP contribution is 2.22. The van der Waals surface area contributed by atoms with E-state index in [1.165, 1.54) is 30.4 Å². The molecule has 0 fully saturated rings. The topological polar surface area (TPSA) is 40.5 Å². The van der Waals surface area contributed by atoms with Gasteiger partial charge in [0.15, 0.2) is 0 Å². The average Bonchev–Trinajstić information content (AvgIpc) is 2.47. The van der Waals surface area contributed by atoms with Gasteiger partial charge in [-0.1, -0.05) is 18.2 Å². The van der Waals surface area contributed by atoms with Crippen LogP contribution in [0.25, 0.3) is 0 Å². The Morgan fingerprint density at radius 2 is 1.95 bits per heavy atom. The zero-order valence-electron chi connectivity index (χ0n) is 13.3. The first-order valence-electron chi connectivity index (χ1n) is 8.13. The molecule has 0 atom stereocenters. The second-order valence-electron chi connectivity index (χ2n) is 6.24. The summed E-state index contributed by atoms with van der Waals surface area (Å²) in [6.07, 6.45) is 5.99. The summed E-state index contributed by atoms with van der Waals surface area (Å²) < 4.78 is 0. The Hall–Kier alpha value is -1.35. The molecule has 0 spiro atoms. The molecule has 1 N–H and O–H groups in total. The van der Waals surface area contributed by atoms with Gasteiger partial charge in [-0.25, -0.2) is 0 Å². The maximum atomic E-state index is 12.5. The molecule has 0 saturated heterocycles. The minimum atomic E-state index is 0.134. The predicted octanol–water partition coefficient (Wildman–Crippen LogP) is 2.73. The predicted molar refractivity (Wildman–Crippen MR) is 85.3 cm³/mol. The number of amides is 1. The maximum absolute atomic E-state index is 12.5. The second kappa shape index (κ2) is 7.60. The van der Waals surface area contributed by atoms with Gasteiger partial charge in [0.05, 0.1) is 6.42 Å². The Bertz CT molecular complexity index is 482. The summed E-state index contributed by atoms with van der Waals surface area (Å²) in [6, 6.07) is 6.70. The van der Waals surface area contributed by atoms with E-state index in [0.29, 0.717) is 19.4 Å². The van der Waals surface area contributed by atoms with Crippen molar-refractivity contribution in [3.05, 3.63) is 34.9 Å². The van der Waals surface area contributed by atoms with Crippen LogP contribution in [0.15, 0.2) is 18.2 Å². The van der Waals surface area contributed by atoms with Crippen molar-refractivity contribution in [1.29, 1.82) is 0 Å². The van der Waals surface area contributed by atoms with E-state index in [1.54, 1.807) is 0 Å². The van der Waals surface area contributed by atoms with Crippen LogP contribution in [0.2, 0.25) is 0 Å². The average molecular weight is 289 g/mol. The Balaban J connectivity index is 2.03. The van der Waals surface area contributed by atoms with Crippen LogP contribution in [0.4, 0.5) is 0 Å². The molecule has 0 unspecified atom stereocenters. The molecule has 0 saturated carbocycles. The minimum Gasteiger partial charge on any atom is -0.396 e. The molecule has 21 heavy (non-hydrogen) atoms. The van der Waals surface area contributed by atoms with Gasteiger partial charge in [-0.2, -0.15) is 0 Å². The summed E-state index contributed by atoms with van der Waals surface area (Å²) in [4.78, 5) is 14.3. The van der Waals surface area contributed by atoms with Crippen LogP contribution in [0.5, 0.6) is 0 Å². The highest BCUT2D eigenvalue weighted by Gasteiger charge is 2.17. The summed E-state index contributed by atoms with van der Waals surface area (Å²) in [5, 5.41) is 8.96. The van der Waals surface area contributed by atoms with Crippen LogP contribution in [0.3, 0.4) is 0 Å². The van der Waals surface area contributed by atoms with E-state index in [-0.39, 0.29) is 18.6 Å². The van der Waals surface area contributed by atoms with Gasteiger partial charge in [-0.05, 0) is 62.6 Å². The highest BCUT2D eigenvalue weighted by atomic mass is 16.3. The standard InChI is InChI=1S/C18H27NO2/c1-14(2)19(10-5-11-20)18(21)13-15-8-9-16-6-3-4-7-17(16)12-15/h8-9,12,14,20H,3-7,10-11,13H2,1-2H3. The number of rotatable bonds is 6. The number of aliphatic hydroxyl groups is 1. The Morgan fingerprint density at radius 3 is 2.62 bits per heavy atom. The lowest BCUT2D eigenvalue weighted by atomic mass is 9.90. The number of nitrogens with zero attached hydrogens (tertiary/aromatic N) is 1. The largest absolute Gasteiger partial charge is 0.396 e. The van der Waals surface area contributed by atoms with E-state index in [1.807, 2.05) is 18.7 Å². The lowest BCUT2D eigenvalue weighted by Gasteiger charge is -2.27. The normalized spacial score (nSPS) is 14.1. The third-order valence-electron chi connectivity index (χ3n) is 4.27. The molecule has 1 amide bonds. The number of hydrogen-bond donors (Lipinski definition) is 1. The van der Waals surface area contributed by atoms with Crippen LogP contribution >= 0.6 is 0 Å². The van der Waals surface area contributed by atoms with E-state index in [0.717, 1.165) is 12.0 Å². The summed E-state index contributed by atoms with van der Waals surface area (Å²) in [5.41, 5.74) is 4.01. The van der Waals surface area contributed by atoms with Crippen molar-refractivity contribution in [1.82, 2.24) is 4.90 Å². The molecular weight excluding hydrogens is 262 g/mol. The SMILES string of the molecule is CC(C)N(CCCO)C(=O)Cc1ccc2c(c1)CCCC2. The molecule has 3 heteroatoms. The third kappa shape index (κ3) is 4.31. The van der Waals surface area contributed by atoms with Gasteiger partial charge in [0.2, 0.25) is 5.91 Å². The number of benzene rings is 1.